The number of hydrogen-bond donors (Lipinski definition) is 2. The number of nitrogens with one attached hydrogen (secondary N) is 1. The molecular formula is C14H16ClN3OS. The van der Waals surface area contributed by atoms with Crippen molar-refractivity contribution in [1.82, 2.24) is 4.98 Å². The van der Waals surface area contributed by atoms with Crippen LogP contribution in [-0.4, -0.2) is 11.6 Å². The van der Waals surface area contributed by atoms with Crippen LogP contribution in [0.1, 0.15) is 17.7 Å². The van der Waals surface area contributed by atoms with Gasteiger partial charge in [-0.25, -0.2) is 0 Å². The van der Waals surface area contributed by atoms with Crippen LogP contribution in [0, 0.1) is 5.92 Å². The SMILES string of the molecule is Nc1ccc(NCc2ccc(Cl)s2)nc1OCC1CC1. The van der Waals surface area contributed by atoms with Gasteiger partial charge in [0, 0.05) is 4.88 Å². The topological polar surface area (TPSA) is 60.2 Å². The zero-order valence-corrected chi connectivity index (χ0v) is 12.5. The minimum absolute atomic E-state index is 0.520. The van der Waals surface area contributed by atoms with Gasteiger partial charge in [0.25, 0.3) is 0 Å². The lowest BCUT2D eigenvalue weighted by atomic mass is 10.4. The fourth-order valence-corrected chi connectivity index (χ4v) is 2.80. The van der Waals surface area contributed by atoms with Crippen LogP contribution in [0.2, 0.25) is 4.34 Å². The zero-order chi connectivity index (χ0) is 13.9. The van der Waals surface area contributed by atoms with Gasteiger partial charge in [0.1, 0.15) is 5.82 Å². The smallest absolute Gasteiger partial charge is 0.239 e. The Morgan fingerprint density at radius 3 is 2.90 bits per heavy atom. The van der Waals surface area contributed by atoms with Gasteiger partial charge < -0.3 is 15.8 Å². The van der Waals surface area contributed by atoms with E-state index in [0.717, 1.165) is 15.0 Å². The van der Waals surface area contributed by atoms with E-state index >= 15 is 0 Å². The molecule has 106 valence electrons. The minimum atomic E-state index is 0.520. The molecule has 1 fully saturated rings. The molecule has 2 aromatic heterocycles. The molecule has 1 aliphatic carbocycles. The Morgan fingerprint density at radius 2 is 2.20 bits per heavy atom. The quantitative estimate of drug-likeness (QED) is 0.852. The molecule has 20 heavy (non-hydrogen) atoms. The fraction of sp³-hybridized carbons (Fsp3) is 0.357. The summed E-state index contributed by atoms with van der Waals surface area (Å²) in [5.74, 6) is 1.96. The number of hydrogen-bond acceptors (Lipinski definition) is 5. The molecule has 2 heterocycles. The molecule has 1 aliphatic rings. The average Bonchev–Trinajstić information content (AvgIpc) is 3.18. The maximum absolute atomic E-state index is 5.90. The molecule has 6 heteroatoms. The van der Waals surface area contributed by atoms with Crippen LogP contribution in [0.3, 0.4) is 0 Å². The highest BCUT2D eigenvalue weighted by molar-refractivity contribution is 7.16. The molecule has 0 aromatic carbocycles. The van der Waals surface area contributed by atoms with Crippen molar-refractivity contribution in [3.05, 3.63) is 33.5 Å². The first-order valence-corrected chi connectivity index (χ1v) is 7.77. The Hall–Kier alpha value is -1.46. The molecule has 0 unspecified atom stereocenters. The van der Waals surface area contributed by atoms with Gasteiger partial charge in [-0.3, -0.25) is 0 Å². The van der Waals surface area contributed by atoms with Crippen molar-refractivity contribution in [2.45, 2.75) is 19.4 Å². The second kappa shape index (κ2) is 5.89. The van der Waals surface area contributed by atoms with Crippen molar-refractivity contribution in [3.63, 3.8) is 0 Å². The first kappa shape index (κ1) is 13.5. The summed E-state index contributed by atoms with van der Waals surface area (Å²) in [6.45, 7) is 1.40. The number of pyridine rings is 1. The molecule has 0 bridgehead atoms. The fourth-order valence-electron chi connectivity index (χ4n) is 1.77. The van der Waals surface area contributed by atoms with Crippen LogP contribution >= 0.6 is 22.9 Å². The van der Waals surface area contributed by atoms with Gasteiger partial charge in [-0.05, 0) is 43.0 Å². The number of nitrogens with zero attached hydrogens (tertiary/aromatic N) is 1. The lowest BCUT2D eigenvalue weighted by molar-refractivity contribution is 0.290. The Morgan fingerprint density at radius 1 is 1.35 bits per heavy atom. The lowest BCUT2D eigenvalue weighted by Gasteiger charge is -2.10. The minimum Gasteiger partial charge on any atom is -0.476 e. The van der Waals surface area contributed by atoms with Gasteiger partial charge >= 0.3 is 0 Å². The van der Waals surface area contributed by atoms with Crippen LogP contribution in [-0.2, 0) is 6.54 Å². The highest BCUT2D eigenvalue weighted by Gasteiger charge is 2.22. The summed E-state index contributed by atoms with van der Waals surface area (Å²) >= 11 is 7.46. The van der Waals surface area contributed by atoms with Crippen LogP contribution < -0.4 is 15.8 Å². The number of nitrogen functional groups attached to an aromatic ring is 1. The third kappa shape index (κ3) is 3.55. The van der Waals surface area contributed by atoms with E-state index in [1.165, 1.54) is 12.8 Å². The molecule has 0 amide bonds. The molecule has 0 radical (unpaired) electrons. The highest BCUT2D eigenvalue weighted by Crippen LogP contribution is 2.31. The van der Waals surface area contributed by atoms with Gasteiger partial charge in [-0.15, -0.1) is 11.3 Å². The molecule has 3 rings (SSSR count). The summed E-state index contributed by atoms with van der Waals surface area (Å²) in [5.41, 5.74) is 6.46. The molecule has 3 N–H and O–H groups in total. The van der Waals surface area contributed by atoms with E-state index in [9.17, 15) is 0 Å². The first-order chi connectivity index (χ1) is 9.70. The van der Waals surface area contributed by atoms with Crippen LogP contribution in [0.25, 0.3) is 0 Å². The number of aromatic nitrogens is 1. The summed E-state index contributed by atoms with van der Waals surface area (Å²) in [6.07, 6.45) is 2.49. The normalized spacial score (nSPS) is 14.2. The van der Waals surface area contributed by atoms with E-state index in [-0.39, 0.29) is 0 Å². The highest BCUT2D eigenvalue weighted by atomic mass is 35.5. The van der Waals surface area contributed by atoms with Crippen LogP contribution in [0.4, 0.5) is 11.5 Å². The van der Waals surface area contributed by atoms with Gasteiger partial charge in [-0.2, -0.15) is 4.98 Å². The molecule has 2 aromatic rings. The maximum Gasteiger partial charge on any atom is 0.239 e. The predicted octanol–water partition coefficient (Wildman–Crippen LogP) is 3.78. The summed E-state index contributed by atoms with van der Waals surface area (Å²) in [6, 6.07) is 7.57. The second-order valence-corrected chi connectivity index (χ2v) is 6.70. The maximum atomic E-state index is 5.90. The van der Waals surface area contributed by atoms with Crippen molar-refractivity contribution in [3.8, 4) is 5.88 Å². The Bertz CT molecular complexity index is 598. The average molecular weight is 310 g/mol. The second-order valence-electron chi connectivity index (χ2n) is 4.90. The van der Waals surface area contributed by atoms with Gasteiger partial charge in [-0.1, -0.05) is 11.6 Å². The van der Waals surface area contributed by atoms with E-state index < -0.39 is 0 Å². The number of thiophene rings is 1. The summed E-state index contributed by atoms with van der Waals surface area (Å²) in [4.78, 5) is 5.57. The van der Waals surface area contributed by atoms with Crippen molar-refractivity contribution < 1.29 is 4.74 Å². The lowest BCUT2D eigenvalue weighted by Crippen LogP contribution is -2.06. The van der Waals surface area contributed by atoms with E-state index in [2.05, 4.69) is 10.3 Å². The summed E-state index contributed by atoms with van der Waals surface area (Å²) in [7, 11) is 0. The Kier molecular flexibility index (Phi) is 3.98. The molecule has 1 saturated carbocycles. The monoisotopic (exact) mass is 309 g/mol. The third-order valence-electron chi connectivity index (χ3n) is 3.11. The van der Waals surface area contributed by atoms with Crippen LogP contribution in [0.15, 0.2) is 24.3 Å². The molecule has 4 nitrogen and oxygen atoms in total. The standard InChI is InChI=1S/C14H16ClN3OS/c15-12-5-3-10(20-12)7-17-13-6-4-11(16)14(18-13)19-8-9-1-2-9/h3-6,9H,1-2,7-8,16H2,(H,17,18). The molecule has 0 saturated heterocycles. The van der Waals surface area contributed by atoms with Gasteiger partial charge in [0.15, 0.2) is 0 Å². The molecule has 0 aliphatic heterocycles. The van der Waals surface area contributed by atoms with E-state index in [1.807, 2.05) is 24.3 Å². The van der Waals surface area contributed by atoms with Crippen molar-refractivity contribution >= 4 is 34.4 Å². The third-order valence-corrected chi connectivity index (χ3v) is 4.35. The zero-order valence-electron chi connectivity index (χ0n) is 10.9. The largest absolute Gasteiger partial charge is 0.476 e. The predicted molar refractivity (Wildman–Crippen MR) is 83.5 cm³/mol. The number of nitrogens with two attached hydrogens (primary N) is 1. The number of anilines is 2. The van der Waals surface area contributed by atoms with Crippen molar-refractivity contribution in [1.29, 1.82) is 0 Å². The molecule has 0 atom stereocenters. The summed E-state index contributed by atoms with van der Waals surface area (Å²) < 4.78 is 6.46. The molecule has 0 spiro atoms. The summed E-state index contributed by atoms with van der Waals surface area (Å²) in [5, 5.41) is 3.25. The Balaban J connectivity index is 1.61. The molecular weight excluding hydrogens is 294 g/mol. The number of rotatable bonds is 6. The van der Waals surface area contributed by atoms with Crippen molar-refractivity contribution in [2.24, 2.45) is 5.92 Å². The number of halogens is 1. The van der Waals surface area contributed by atoms with Gasteiger partial charge in [0.2, 0.25) is 5.88 Å². The van der Waals surface area contributed by atoms with E-state index in [4.69, 9.17) is 22.1 Å². The van der Waals surface area contributed by atoms with Crippen LogP contribution in [0.5, 0.6) is 5.88 Å². The van der Waals surface area contributed by atoms with Crippen molar-refractivity contribution in [2.75, 3.05) is 17.7 Å². The van der Waals surface area contributed by atoms with E-state index in [0.29, 0.717) is 30.6 Å². The first-order valence-electron chi connectivity index (χ1n) is 6.58. The van der Waals surface area contributed by atoms with Gasteiger partial charge in [0.05, 0.1) is 23.2 Å². The van der Waals surface area contributed by atoms with E-state index in [1.54, 1.807) is 11.3 Å². The number of ether oxygens (including phenoxy) is 1. The Labute approximate surface area is 126 Å².